The van der Waals surface area contributed by atoms with Crippen molar-refractivity contribution in [2.45, 2.75) is 44.7 Å². The Morgan fingerprint density at radius 2 is 2.12 bits per heavy atom. The molecule has 0 radical (unpaired) electrons. The highest BCUT2D eigenvalue weighted by molar-refractivity contribution is 7.13. The fourth-order valence-corrected chi connectivity index (χ4v) is 2.90. The van der Waals surface area contributed by atoms with Crippen molar-refractivity contribution in [2.75, 3.05) is 19.0 Å². The summed E-state index contributed by atoms with van der Waals surface area (Å²) in [6.07, 6.45) is 6.87. The van der Waals surface area contributed by atoms with Crippen molar-refractivity contribution in [1.82, 2.24) is 10.3 Å². The van der Waals surface area contributed by atoms with E-state index in [1.807, 2.05) is 14.1 Å². The second-order valence-corrected chi connectivity index (χ2v) is 5.57. The Morgan fingerprint density at radius 1 is 1.38 bits per heavy atom. The lowest BCUT2D eigenvalue weighted by molar-refractivity contribution is 0.371. The lowest BCUT2D eigenvalue weighted by Crippen LogP contribution is -2.30. The Bertz CT molecular complexity index is 316. The molecule has 1 fully saturated rings. The molecule has 1 N–H and O–H groups in total. The highest BCUT2D eigenvalue weighted by Gasteiger charge is 2.13. The highest BCUT2D eigenvalue weighted by Crippen LogP contribution is 2.20. The van der Waals surface area contributed by atoms with Crippen LogP contribution >= 0.6 is 11.3 Å². The van der Waals surface area contributed by atoms with Crippen molar-refractivity contribution in [3.05, 3.63) is 11.1 Å². The molecule has 16 heavy (non-hydrogen) atoms. The van der Waals surface area contributed by atoms with E-state index in [0.29, 0.717) is 0 Å². The van der Waals surface area contributed by atoms with Crippen molar-refractivity contribution < 1.29 is 0 Å². The molecular formula is C12H21N3S. The average molecular weight is 239 g/mol. The van der Waals surface area contributed by atoms with Crippen molar-refractivity contribution >= 4 is 16.5 Å². The molecule has 1 heterocycles. The molecular weight excluding hydrogens is 218 g/mol. The van der Waals surface area contributed by atoms with Gasteiger partial charge in [0.05, 0.1) is 5.69 Å². The minimum absolute atomic E-state index is 0.721. The summed E-state index contributed by atoms with van der Waals surface area (Å²) >= 11 is 1.72. The van der Waals surface area contributed by atoms with Crippen LogP contribution in [0.3, 0.4) is 0 Å². The lowest BCUT2D eigenvalue weighted by Gasteiger charge is -2.22. The molecule has 1 aliphatic carbocycles. The highest BCUT2D eigenvalue weighted by atomic mass is 32.1. The van der Waals surface area contributed by atoms with E-state index in [0.717, 1.165) is 17.7 Å². The van der Waals surface area contributed by atoms with Crippen molar-refractivity contribution in [3.8, 4) is 0 Å². The van der Waals surface area contributed by atoms with Gasteiger partial charge in [0.1, 0.15) is 0 Å². The second kappa shape index (κ2) is 5.64. The average Bonchev–Trinajstić information content (AvgIpc) is 2.76. The maximum Gasteiger partial charge on any atom is 0.185 e. The summed E-state index contributed by atoms with van der Waals surface area (Å²) in [5, 5.41) is 6.87. The van der Waals surface area contributed by atoms with Gasteiger partial charge in [-0.2, -0.15) is 0 Å². The summed E-state index contributed by atoms with van der Waals surface area (Å²) in [5.74, 6) is 0. The van der Waals surface area contributed by atoms with Crippen LogP contribution in [0.15, 0.2) is 5.38 Å². The fraction of sp³-hybridized carbons (Fsp3) is 0.750. The van der Waals surface area contributed by atoms with E-state index in [2.05, 4.69) is 20.6 Å². The fourth-order valence-electron chi connectivity index (χ4n) is 2.14. The molecule has 2 rings (SSSR count). The van der Waals surface area contributed by atoms with Crippen LogP contribution in [-0.2, 0) is 6.54 Å². The number of anilines is 1. The van der Waals surface area contributed by atoms with Gasteiger partial charge in [-0.15, -0.1) is 11.3 Å². The van der Waals surface area contributed by atoms with Gasteiger partial charge in [0.2, 0.25) is 0 Å². The summed E-state index contributed by atoms with van der Waals surface area (Å²) in [7, 11) is 4.08. The number of nitrogens with zero attached hydrogens (tertiary/aromatic N) is 2. The Balaban J connectivity index is 1.79. The van der Waals surface area contributed by atoms with Gasteiger partial charge in [-0.1, -0.05) is 19.3 Å². The molecule has 0 aliphatic heterocycles. The first kappa shape index (κ1) is 11.9. The zero-order valence-corrected chi connectivity index (χ0v) is 11.0. The van der Waals surface area contributed by atoms with Crippen LogP contribution in [0.25, 0.3) is 0 Å². The van der Waals surface area contributed by atoms with Gasteiger partial charge in [0.15, 0.2) is 5.13 Å². The Kier molecular flexibility index (Phi) is 4.18. The van der Waals surface area contributed by atoms with Gasteiger partial charge in [-0.3, -0.25) is 0 Å². The molecule has 0 bridgehead atoms. The zero-order valence-electron chi connectivity index (χ0n) is 10.2. The van der Waals surface area contributed by atoms with Crippen LogP contribution in [0.1, 0.15) is 37.8 Å². The summed E-state index contributed by atoms with van der Waals surface area (Å²) in [6.45, 7) is 0.926. The van der Waals surface area contributed by atoms with Gasteiger partial charge in [0.25, 0.3) is 0 Å². The third kappa shape index (κ3) is 3.19. The van der Waals surface area contributed by atoms with Crippen molar-refractivity contribution in [3.63, 3.8) is 0 Å². The molecule has 1 aromatic heterocycles. The number of hydrogen-bond donors (Lipinski definition) is 1. The molecule has 4 heteroatoms. The Hall–Kier alpha value is -0.610. The van der Waals surface area contributed by atoms with Crippen LogP contribution < -0.4 is 10.2 Å². The smallest absolute Gasteiger partial charge is 0.185 e. The van der Waals surface area contributed by atoms with E-state index in [4.69, 9.17) is 0 Å². The van der Waals surface area contributed by atoms with Gasteiger partial charge in [0, 0.05) is 32.1 Å². The first-order chi connectivity index (χ1) is 7.75. The Morgan fingerprint density at radius 3 is 2.75 bits per heavy atom. The molecule has 90 valence electrons. The van der Waals surface area contributed by atoms with E-state index >= 15 is 0 Å². The van der Waals surface area contributed by atoms with E-state index in [1.54, 1.807) is 11.3 Å². The second-order valence-electron chi connectivity index (χ2n) is 4.73. The number of rotatable bonds is 4. The number of thiazole rings is 1. The van der Waals surface area contributed by atoms with Gasteiger partial charge in [-0.25, -0.2) is 4.98 Å². The third-order valence-corrected chi connectivity index (χ3v) is 4.16. The van der Waals surface area contributed by atoms with Gasteiger partial charge in [-0.05, 0) is 12.8 Å². The number of hydrogen-bond acceptors (Lipinski definition) is 4. The summed E-state index contributed by atoms with van der Waals surface area (Å²) in [4.78, 5) is 6.64. The first-order valence-electron chi connectivity index (χ1n) is 6.11. The van der Waals surface area contributed by atoms with Crippen molar-refractivity contribution in [2.24, 2.45) is 0 Å². The van der Waals surface area contributed by atoms with Crippen LogP contribution in [0.5, 0.6) is 0 Å². The standard InChI is InChI=1S/C12H21N3S/c1-15(2)12-14-11(9-16-12)8-13-10-6-4-3-5-7-10/h9-10,13H,3-8H2,1-2H3. The maximum absolute atomic E-state index is 4.58. The molecule has 1 aliphatic rings. The SMILES string of the molecule is CN(C)c1nc(CNC2CCCCC2)cs1. The molecule has 0 amide bonds. The van der Waals surface area contributed by atoms with Gasteiger partial charge < -0.3 is 10.2 Å². The molecule has 0 atom stereocenters. The van der Waals surface area contributed by atoms with E-state index in [9.17, 15) is 0 Å². The van der Waals surface area contributed by atoms with E-state index < -0.39 is 0 Å². The van der Waals surface area contributed by atoms with Crippen molar-refractivity contribution in [1.29, 1.82) is 0 Å². The first-order valence-corrected chi connectivity index (χ1v) is 6.99. The minimum Gasteiger partial charge on any atom is -0.354 e. The van der Waals surface area contributed by atoms with Crippen LogP contribution in [0.4, 0.5) is 5.13 Å². The van der Waals surface area contributed by atoms with Crippen LogP contribution in [0.2, 0.25) is 0 Å². The zero-order chi connectivity index (χ0) is 11.4. The predicted octanol–water partition coefficient (Wildman–Crippen LogP) is 2.63. The molecule has 0 aromatic carbocycles. The monoisotopic (exact) mass is 239 g/mol. The summed E-state index contributed by atoms with van der Waals surface area (Å²) < 4.78 is 0. The summed E-state index contributed by atoms with van der Waals surface area (Å²) in [5.41, 5.74) is 1.18. The molecule has 0 unspecified atom stereocenters. The molecule has 1 saturated carbocycles. The van der Waals surface area contributed by atoms with Crippen LogP contribution in [0, 0.1) is 0 Å². The molecule has 3 nitrogen and oxygen atoms in total. The van der Waals surface area contributed by atoms with Crippen LogP contribution in [-0.4, -0.2) is 25.1 Å². The molecule has 0 spiro atoms. The van der Waals surface area contributed by atoms with E-state index in [-0.39, 0.29) is 0 Å². The quantitative estimate of drug-likeness (QED) is 0.875. The topological polar surface area (TPSA) is 28.2 Å². The number of aromatic nitrogens is 1. The largest absolute Gasteiger partial charge is 0.354 e. The molecule has 1 aromatic rings. The number of nitrogens with one attached hydrogen (secondary N) is 1. The van der Waals surface area contributed by atoms with E-state index in [1.165, 1.54) is 37.8 Å². The Labute approximate surface area is 102 Å². The van der Waals surface area contributed by atoms with Gasteiger partial charge >= 0.3 is 0 Å². The predicted molar refractivity (Wildman–Crippen MR) is 70.2 cm³/mol. The maximum atomic E-state index is 4.58. The lowest BCUT2D eigenvalue weighted by atomic mass is 9.95. The third-order valence-electron chi connectivity index (χ3n) is 3.10. The minimum atomic E-state index is 0.721. The molecule has 0 saturated heterocycles. The summed E-state index contributed by atoms with van der Waals surface area (Å²) in [6, 6.07) is 0.721. The normalized spacial score (nSPS) is 17.6.